The Morgan fingerprint density at radius 2 is 2.23 bits per heavy atom. The lowest BCUT2D eigenvalue weighted by Crippen LogP contribution is -2.23. The van der Waals surface area contributed by atoms with Gasteiger partial charge < -0.3 is 5.32 Å². The molecule has 0 aliphatic heterocycles. The van der Waals surface area contributed by atoms with E-state index in [1.165, 1.54) is 0 Å². The summed E-state index contributed by atoms with van der Waals surface area (Å²) in [6.07, 6.45) is 0. The predicted molar refractivity (Wildman–Crippen MR) is 56.9 cm³/mol. The van der Waals surface area contributed by atoms with Crippen LogP contribution >= 0.6 is 15.9 Å². The molecule has 13 heavy (non-hydrogen) atoms. The molecule has 0 bridgehead atoms. The molecule has 0 aliphatic carbocycles. The first-order chi connectivity index (χ1) is 6.15. The first-order valence-electron chi connectivity index (χ1n) is 4.19. The van der Waals surface area contributed by atoms with Crippen molar-refractivity contribution < 1.29 is 4.79 Å². The second-order valence-corrected chi connectivity index (χ2v) is 3.73. The van der Waals surface area contributed by atoms with E-state index in [1.807, 2.05) is 32.0 Å². The lowest BCUT2D eigenvalue weighted by molar-refractivity contribution is 0.0955. The SMILES string of the molecule is CCNC(=O)c1cc(Br)ccc1C. The standard InChI is InChI=1S/C10H12BrNO/c1-3-12-10(13)9-6-8(11)5-4-7(9)2/h4-6H,3H2,1-2H3,(H,12,13). The molecule has 70 valence electrons. The zero-order valence-corrected chi connectivity index (χ0v) is 9.31. The Morgan fingerprint density at radius 3 is 2.85 bits per heavy atom. The number of rotatable bonds is 2. The molecule has 0 radical (unpaired) electrons. The van der Waals surface area contributed by atoms with Crippen LogP contribution in [0.2, 0.25) is 0 Å². The Balaban J connectivity index is 2.99. The van der Waals surface area contributed by atoms with Crippen LogP contribution in [0, 0.1) is 6.92 Å². The molecule has 0 aliphatic rings. The van der Waals surface area contributed by atoms with Gasteiger partial charge in [0.1, 0.15) is 0 Å². The number of benzene rings is 1. The van der Waals surface area contributed by atoms with Gasteiger partial charge in [0.2, 0.25) is 0 Å². The van der Waals surface area contributed by atoms with E-state index in [4.69, 9.17) is 0 Å². The number of hydrogen-bond donors (Lipinski definition) is 1. The van der Waals surface area contributed by atoms with E-state index in [9.17, 15) is 4.79 Å². The normalized spacial score (nSPS) is 9.77. The number of amides is 1. The van der Waals surface area contributed by atoms with Crippen molar-refractivity contribution in [3.63, 3.8) is 0 Å². The van der Waals surface area contributed by atoms with Gasteiger partial charge in [-0.05, 0) is 31.5 Å². The van der Waals surface area contributed by atoms with Crippen molar-refractivity contribution >= 4 is 21.8 Å². The quantitative estimate of drug-likeness (QED) is 0.848. The molecular formula is C10H12BrNO. The Bertz CT molecular complexity index is 323. The van der Waals surface area contributed by atoms with Crippen molar-refractivity contribution in [2.24, 2.45) is 0 Å². The maximum absolute atomic E-state index is 11.5. The fraction of sp³-hybridized carbons (Fsp3) is 0.300. The van der Waals surface area contributed by atoms with Crippen LogP contribution in [-0.2, 0) is 0 Å². The van der Waals surface area contributed by atoms with Gasteiger partial charge in [0.05, 0.1) is 0 Å². The van der Waals surface area contributed by atoms with Crippen LogP contribution in [0.4, 0.5) is 0 Å². The summed E-state index contributed by atoms with van der Waals surface area (Å²) in [4.78, 5) is 11.5. The first-order valence-corrected chi connectivity index (χ1v) is 4.98. The Kier molecular flexibility index (Phi) is 3.48. The molecule has 2 nitrogen and oxygen atoms in total. The van der Waals surface area contributed by atoms with Crippen molar-refractivity contribution in [1.29, 1.82) is 0 Å². The van der Waals surface area contributed by atoms with Gasteiger partial charge in [-0.1, -0.05) is 22.0 Å². The summed E-state index contributed by atoms with van der Waals surface area (Å²) in [7, 11) is 0. The van der Waals surface area contributed by atoms with E-state index in [0.717, 1.165) is 15.6 Å². The van der Waals surface area contributed by atoms with Crippen molar-refractivity contribution in [3.05, 3.63) is 33.8 Å². The summed E-state index contributed by atoms with van der Waals surface area (Å²) in [6, 6.07) is 5.69. The largest absolute Gasteiger partial charge is 0.352 e. The third kappa shape index (κ3) is 2.56. The molecule has 0 spiro atoms. The van der Waals surface area contributed by atoms with Gasteiger partial charge in [0.25, 0.3) is 5.91 Å². The molecular weight excluding hydrogens is 230 g/mol. The van der Waals surface area contributed by atoms with Gasteiger partial charge in [-0.3, -0.25) is 4.79 Å². The molecule has 1 aromatic carbocycles. The highest BCUT2D eigenvalue weighted by atomic mass is 79.9. The van der Waals surface area contributed by atoms with Gasteiger partial charge in [0.15, 0.2) is 0 Å². The van der Waals surface area contributed by atoms with Crippen LogP contribution in [0.5, 0.6) is 0 Å². The zero-order chi connectivity index (χ0) is 9.84. The summed E-state index contributed by atoms with van der Waals surface area (Å²) >= 11 is 3.34. The number of aryl methyl sites for hydroxylation is 1. The van der Waals surface area contributed by atoms with E-state index in [-0.39, 0.29) is 5.91 Å². The number of carbonyl (C=O) groups excluding carboxylic acids is 1. The molecule has 0 saturated carbocycles. The Hall–Kier alpha value is -0.830. The minimum absolute atomic E-state index is 0.0127. The van der Waals surface area contributed by atoms with Gasteiger partial charge in [-0.25, -0.2) is 0 Å². The molecule has 0 heterocycles. The topological polar surface area (TPSA) is 29.1 Å². The molecule has 0 saturated heterocycles. The second-order valence-electron chi connectivity index (χ2n) is 2.82. The van der Waals surface area contributed by atoms with Crippen LogP contribution in [0.1, 0.15) is 22.8 Å². The van der Waals surface area contributed by atoms with Crippen molar-refractivity contribution in [3.8, 4) is 0 Å². The van der Waals surface area contributed by atoms with Crippen LogP contribution in [0.15, 0.2) is 22.7 Å². The highest BCUT2D eigenvalue weighted by Crippen LogP contribution is 2.15. The van der Waals surface area contributed by atoms with Gasteiger partial charge in [-0.2, -0.15) is 0 Å². The summed E-state index contributed by atoms with van der Waals surface area (Å²) in [5.74, 6) is -0.0127. The Labute approximate surface area is 86.5 Å². The fourth-order valence-electron chi connectivity index (χ4n) is 1.09. The monoisotopic (exact) mass is 241 g/mol. The zero-order valence-electron chi connectivity index (χ0n) is 7.73. The fourth-order valence-corrected chi connectivity index (χ4v) is 1.46. The summed E-state index contributed by atoms with van der Waals surface area (Å²) in [6.45, 7) is 4.49. The van der Waals surface area contributed by atoms with E-state index >= 15 is 0 Å². The number of nitrogens with one attached hydrogen (secondary N) is 1. The molecule has 0 atom stereocenters. The summed E-state index contributed by atoms with van der Waals surface area (Å²) in [5, 5.41) is 2.77. The van der Waals surface area contributed by atoms with Crippen molar-refractivity contribution in [2.45, 2.75) is 13.8 Å². The number of carbonyl (C=O) groups is 1. The summed E-state index contributed by atoms with van der Waals surface area (Å²) in [5.41, 5.74) is 1.73. The molecule has 1 aromatic rings. The highest BCUT2D eigenvalue weighted by molar-refractivity contribution is 9.10. The van der Waals surface area contributed by atoms with E-state index in [0.29, 0.717) is 6.54 Å². The lowest BCUT2D eigenvalue weighted by Gasteiger charge is -2.05. The lowest BCUT2D eigenvalue weighted by atomic mass is 10.1. The van der Waals surface area contributed by atoms with Crippen LogP contribution < -0.4 is 5.32 Å². The maximum Gasteiger partial charge on any atom is 0.251 e. The van der Waals surface area contributed by atoms with Gasteiger partial charge in [0, 0.05) is 16.6 Å². The van der Waals surface area contributed by atoms with Crippen molar-refractivity contribution in [1.82, 2.24) is 5.32 Å². The van der Waals surface area contributed by atoms with Crippen LogP contribution in [0.25, 0.3) is 0 Å². The van der Waals surface area contributed by atoms with Crippen LogP contribution in [0.3, 0.4) is 0 Å². The average Bonchev–Trinajstić information content (AvgIpc) is 2.09. The predicted octanol–water partition coefficient (Wildman–Crippen LogP) is 2.51. The van der Waals surface area contributed by atoms with Gasteiger partial charge in [-0.15, -0.1) is 0 Å². The number of halogens is 1. The first kappa shape index (κ1) is 10.3. The smallest absolute Gasteiger partial charge is 0.251 e. The number of hydrogen-bond acceptors (Lipinski definition) is 1. The summed E-state index contributed by atoms with van der Waals surface area (Å²) < 4.78 is 0.930. The van der Waals surface area contributed by atoms with Gasteiger partial charge >= 0.3 is 0 Å². The molecule has 0 aromatic heterocycles. The minimum atomic E-state index is -0.0127. The molecule has 1 rings (SSSR count). The molecule has 1 amide bonds. The van der Waals surface area contributed by atoms with E-state index in [1.54, 1.807) is 0 Å². The minimum Gasteiger partial charge on any atom is -0.352 e. The maximum atomic E-state index is 11.5. The van der Waals surface area contributed by atoms with Crippen molar-refractivity contribution in [2.75, 3.05) is 6.54 Å². The highest BCUT2D eigenvalue weighted by Gasteiger charge is 2.07. The molecule has 0 unspecified atom stereocenters. The molecule has 0 fully saturated rings. The molecule has 1 N–H and O–H groups in total. The Morgan fingerprint density at radius 1 is 1.54 bits per heavy atom. The third-order valence-corrected chi connectivity index (χ3v) is 2.27. The second kappa shape index (κ2) is 4.42. The van der Waals surface area contributed by atoms with E-state index in [2.05, 4.69) is 21.2 Å². The molecule has 3 heteroatoms. The average molecular weight is 242 g/mol. The third-order valence-electron chi connectivity index (χ3n) is 1.78. The van der Waals surface area contributed by atoms with E-state index < -0.39 is 0 Å². The van der Waals surface area contributed by atoms with Crippen LogP contribution in [-0.4, -0.2) is 12.5 Å².